The van der Waals surface area contributed by atoms with Crippen LogP contribution in [0.5, 0.6) is 5.75 Å². The Morgan fingerprint density at radius 2 is 2.00 bits per heavy atom. The molecule has 3 N–H and O–H groups in total. The summed E-state index contributed by atoms with van der Waals surface area (Å²) in [6, 6.07) is 7.94. The molecule has 0 amide bonds. The highest BCUT2D eigenvalue weighted by Gasteiger charge is 2.00. The minimum atomic E-state index is -0.397. The molecule has 0 aliphatic rings. The van der Waals surface area contributed by atoms with Gasteiger partial charge in [-0.1, -0.05) is 17.7 Å². The van der Waals surface area contributed by atoms with Crippen molar-refractivity contribution in [3.05, 3.63) is 29.8 Å². The molecular formula is C12H19NO2. The van der Waals surface area contributed by atoms with Gasteiger partial charge in [0.2, 0.25) is 0 Å². The van der Waals surface area contributed by atoms with Gasteiger partial charge in [0.25, 0.3) is 0 Å². The zero-order chi connectivity index (χ0) is 11.1. The first-order valence-corrected chi connectivity index (χ1v) is 5.30. The third-order valence-electron chi connectivity index (χ3n) is 2.24. The van der Waals surface area contributed by atoms with Gasteiger partial charge in [0.15, 0.2) is 0 Å². The third-order valence-corrected chi connectivity index (χ3v) is 2.24. The Balaban J connectivity index is 2.17. The monoisotopic (exact) mass is 209 g/mol. The van der Waals surface area contributed by atoms with E-state index in [9.17, 15) is 5.11 Å². The van der Waals surface area contributed by atoms with Crippen molar-refractivity contribution in [2.75, 3.05) is 13.2 Å². The molecule has 0 spiro atoms. The van der Waals surface area contributed by atoms with E-state index in [4.69, 9.17) is 10.5 Å². The highest BCUT2D eigenvalue weighted by atomic mass is 16.5. The maximum Gasteiger partial charge on any atom is 0.119 e. The predicted octanol–water partition coefficient (Wildman–Crippen LogP) is 1.47. The van der Waals surface area contributed by atoms with Gasteiger partial charge in [0, 0.05) is 6.54 Å². The average Bonchev–Trinajstić information content (AvgIpc) is 2.26. The molecule has 0 saturated heterocycles. The van der Waals surface area contributed by atoms with Crippen LogP contribution in [0.25, 0.3) is 0 Å². The molecule has 3 heteroatoms. The minimum Gasteiger partial charge on any atom is -0.494 e. The molecule has 0 saturated carbocycles. The van der Waals surface area contributed by atoms with Gasteiger partial charge in [-0.2, -0.15) is 0 Å². The van der Waals surface area contributed by atoms with Gasteiger partial charge in [0.05, 0.1) is 12.7 Å². The van der Waals surface area contributed by atoms with E-state index in [1.807, 2.05) is 31.2 Å². The molecule has 0 bridgehead atoms. The van der Waals surface area contributed by atoms with E-state index < -0.39 is 6.10 Å². The van der Waals surface area contributed by atoms with E-state index in [0.717, 1.165) is 12.2 Å². The fourth-order valence-electron chi connectivity index (χ4n) is 1.26. The molecule has 1 atom stereocenters. The Kier molecular flexibility index (Phi) is 5.15. The van der Waals surface area contributed by atoms with Crippen LogP contribution < -0.4 is 10.5 Å². The van der Waals surface area contributed by atoms with Crippen molar-refractivity contribution in [3.8, 4) is 5.75 Å². The summed E-state index contributed by atoms with van der Waals surface area (Å²) >= 11 is 0. The van der Waals surface area contributed by atoms with E-state index in [2.05, 4.69) is 0 Å². The van der Waals surface area contributed by atoms with E-state index in [1.54, 1.807) is 0 Å². The Morgan fingerprint density at radius 1 is 1.33 bits per heavy atom. The molecule has 1 rings (SSSR count). The predicted molar refractivity (Wildman–Crippen MR) is 61.0 cm³/mol. The van der Waals surface area contributed by atoms with Crippen molar-refractivity contribution in [1.82, 2.24) is 0 Å². The van der Waals surface area contributed by atoms with Gasteiger partial charge < -0.3 is 15.6 Å². The molecule has 0 heterocycles. The number of nitrogens with two attached hydrogens (primary N) is 1. The summed E-state index contributed by atoms with van der Waals surface area (Å²) in [5.41, 5.74) is 6.51. The van der Waals surface area contributed by atoms with Crippen molar-refractivity contribution in [3.63, 3.8) is 0 Å². The maximum absolute atomic E-state index is 9.21. The number of ether oxygens (including phenoxy) is 1. The highest BCUT2D eigenvalue weighted by molar-refractivity contribution is 5.26. The lowest BCUT2D eigenvalue weighted by atomic mass is 10.2. The first kappa shape index (κ1) is 12.0. The molecule has 0 fully saturated rings. The van der Waals surface area contributed by atoms with Crippen LogP contribution in [-0.4, -0.2) is 24.4 Å². The van der Waals surface area contributed by atoms with Crippen molar-refractivity contribution in [1.29, 1.82) is 0 Å². The van der Waals surface area contributed by atoms with Crippen LogP contribution in [0.4, 0.5) is 0 Å². The summed E-state index contributed by atoms with van der Waals surface area (Å²) in [6.07, 6.45) is 1.13. The van der Waals surface area contributed by atoms with Gasteiger partial charge >= 0.3 is 0 Å². The van der Waals surface area contributed by atoms with Crippen molar-refractivity contribution >= 4 is 0 Å². The Hall–Kier alpha value is -1.06. The Morgan fingerprint density at radius 3 is 2.60 bits per heavy atom. The molecule has 1 aromatic carbocycles. The molecule has 3 nitrogen and oxygen atoms in total. The zero-order valence-corrected chi connectivity index (χ0v) is 9.15. The summed E-state index contributed by atoms with van der Waals surface area (Å²) < 4.78 is 5.50. The third kappa shape index (κ3) is 4.81. The molecule has 1 aromatic rings. The lowest BCUT2D eigenvalue weighted by Crippen LogP contribution is -2.20. The average molecular weight is 209 g/mol. The van der Waals surface area contributed by atoms with Crippen molar-refractivity contribution < 1.29 is 9.84 Å². The van der Waals surface area contributed by atoms with Crippen molar-refractivity contribution in [2.45, 2.75) is 25.9 Å². The molecule has 0 aromatic heterocycles. The normalized spacial score (nSPS) is 12.5. The van der Waals surface area contributed by atoms with Gasteiger partial charge in [-0.25, -0.2) is 0 Å². The molecule has 84 valence electrons. The van der Waals surface area contributed by atoms with Gasteiger partial charge in [-0.3, -0.25) is 0 Å². The number of hydrogen-bond donors (Lipinski definition) is 2. The van der Waals surface area contributed by atoms with Gasteiger partial charge in [-0.05, 0) is 31.9 Å². The maximum atomic E-state index is 9.21. The standard InChI is InChI=1S/C12H19NO2/c1-10-4-6-12(7-5-10)15-8-2-3-11(14)9-13/h4-7,11,14H,2-3,8-9,13H2,1H3. The van der Waals surface area contributed by atoms with E-state index in [-0.39, 0.29) is 0 Å². The second-order valence-electron chi connectivity index (χ2n) is 3.69. The molecule has 15 heavy (non-hydrogen) atoms. The van der Waals surface area contributed by atoms with Crippen LogP contribution in [0.15, 0.2) is 24.3 Å². The number of rotatable bonds is 6. The minimum absolute atomic E-state index is 0.324. The molecule has 0 radical (unpaired) electrons. The lowest BCUT2D eigenvalue weighted by molar-refractivity contribution is 0.160. The van der Waals surface area contributed by atoms with Crippen LogP contribution in [0.2, 0.25) is 0 Å². The number of aliphatic hydroxyl groups is 1. The van der Waals surface area contributed by atoms with Gasteiger partial charge in [-0.15, -0.1) is 0 Å². The van der Waals surface area contributed by atoms with Crippen LogP contribution in [0.3, 0.4) is 0 Å². The molecule has 1 unspecified atom stereocenters. The van der Waals surface area contributed by atoms with E-state index >= 15 is 0 Å². The Labute approximate surface area is 90.9 Å². The van der Waals surface area contributed by atoms with E-state index in [0.29, 0.717) is 19.6 Å². The Bertz CT molecular complexity index is 271. The van der Waals surface area contributed by atoms with Crippen LogP contribution in [0, 0.1) is 6.92 Å². The summed E-state index contributed by atoms with van der Waals surface area (Å²) in [7, 11) is 0. The molecule has 0 aliphatic carbocycles. The number of hydrogen-bond acceptors (Lipinski definition) is 3. The lowest BCUT2D eigenvalue weighted by Gasteiger charge is -2.08. The number of aliphatic hydroxyl groups excluding tert-OH is 1. The van der Waals surface area contributed by atoms with Crippen LogP contribution >= 0.6 is 0 Å². The first-order valence-electron chi connectivity index (χ1n) is 5.30. The fourth-order valence-corrected chi connectivity index (χ4v) is 1.26. The van der Waals surface area contributed by atoms with Crippen LogP contribution in [0.1, 0.15) is 18.4 Å². The zero-order valence-electron chi connectivity index (χ0n) is 9.15. The highest BCUT2D eigenvalue weighted by Crippen LogP contribution is 2.11. The van der Waals surface area contributed by atoms with Crippen molar-refractivity contribution in [2.24, 2.45) is 5.73 Å². The fraction of sp³-hybridized carbons (Fsp3) is 0.500. The first-order chi connectivity index (χ1) is 7.22. The van der Waals surface area contributed by atoms with Crippen LogP contribution in [-0.2, 0) is 0 Å². The van der Waals surface area contributed by atoms with E-state index in [1.165, 1.54) is 5.56 Å². The summed E-state index contributed by atoms with van der Waals surface area (Å²) in [6.45, 7) is 2.99. The second kappa shape index (κ2) is 6.43. The van der Waals surface area contributed by atoms with Gasteiger partial charge in [0.1, 0.15) is 5.75 Å². The molecule has 0 aliphatic heterocycles. The number of benzene rings is 1. The quantitative estimate of drug-likeness (QED) is 0.698. The largest absolute Gasteiger partial charge is 0.494 e. The summed E-state index contributed by atoms with van der Waals surface area (Å²) in [5.74, 6) is 0.878. The molecular weight excluding hydrogens is 190 g/mol. The smallest absolute Gasteiger partial charge is 0.119 e. The summed E-state index contributed by atoms with van der Waals surface area (Å²) in [5, 5.41) is 9.21. The SMILES string of the molecule is Cc1ccc(OCCCC(O)CN)cc1. The topological polar surface area (TPSA) is 55.5 Å². The number of aryl methyl sites for hydroxylation is 1. The second-order valence-corrected chi connectivity index (χ2v) is 3.69. The summed E-state index contributed by atoms with van der Waals surface area (Å²) in [4.78, 5) is 0.